The van der Waals surface area contributed by atoms with E-state index in [9.17, 15) is 0 Å². The largest absolute Gasteiger partial charge is 0.312 e. The number of hydrogen-bond acceptors (Lipinski definition) is 2. The van der Waals surface area contributed by atoms with E-state index in [1.54, 1.807) is 0 Å². The average molecular weight is 251 g/mol. The van der Waals surface area contributed by atoms with E-state index in [4.69, 9.17) is 0 Å². The van der Waals surface area contributed by atoms with Gasteiger partial charge in [-0.15, -0.1) is 0 Å². The minimum absolute atomic E-state index is 0.487. The van der Waals surface area contributed by atoms with Crippen molar-refractivity contribution in [2.45, 2.75) is 66.5 Å². The van der Waals surface area contributed by atoms with E-state index in [2.05, 4.69) is 56.6 Å². The van der Waals surface area contributed by atoms with E-state index in [1.165, 1.54) is 11.3 Å². The zero-order valence-corrected chi connectivity index (χ0v) is 12.8. The molecule has 1 aromatic heterocycles. The minimum Gasteiger partial charge on any atom is -0.312 e. The first-order chi connectivity index (χ1) is 8.47. The van der Waals surface area contributed by atoms with Crippen LogP contribution < -0.4 is 5.32 Å². The van der Waals surface area contributed by atoms with E-state index >= 15 is 0 Å². The maximum Gasteiger partial charge on any atom is 0.0537 e. The lowest BCUT2D eigenvalue weighted by atomic mass is 10.0. The molecule has 1 rings (SSSR count). The summed E-state index contributed by atoms with van der Waals surface area (Å²) >= 11 is 0. The van der Waals surface area contributed by atoms with E-state index in [1.807, 2.05) is 6.20 Å². The normalized spacial score (nSPS) is 13.6. The van der Waals surface area contributed by atoms with E-state index in [0.717, 1.165) is 19.5 Å². The Morgan fingerprint density at radius 3 is 2.39 bits per heavy atom. The number of rotatable bonds is 7. The van der Waals surface area contributed by atoms with Crippen LogP contribution in [0.25, 0.3) is 0 Å². The molecule has 0 bridgehead atoms. The molecule has 1 heterocycles. The van der Waals surface area contributed by atoms with Crippen LogP contribution in [0, 0.1) is 5.92 Å². The summed E-state index contributed by atoms with van der Waals surface area (Å²) in [6.45, 7) is 15.4. The molecule has 3 nitrogen and oxygen atoms in total. The van der Waals surface area contributed by atoms with Gasteiger partial charge in [0.1, 0.15) is 0 Å². The standard InChI is InChI=1S/C15H29N3/c1-7-13(6)18-15(12(4)5)14(10-17-18)9-16-8-11(2)3/h10-13,16H,7-9H2,1-6H3. The first kappa shape index (κ1) is 15.2. The highest BCUT2D eigenvalue weighted by Gasteiger charge is 2.16. The zero-order valence-electron chi connectivity index (χ0n) is 12.8. The van der Waals surface area contributed by atoms with Crippen LogP contribution in [0.2, 0.25) is 0 Å². The highest BCUT2D eigenvalue weighted by Crippen LogP contribution is 2.23. The predicted molar refractivity (Wildman–Crippen MR) is 77.9 cm³/mol. The van der Waals surface area contributed by atoms with Gasteiger partial charge in [-0.2, -0.15) is 5.10 Å². The fourth-order valence-electron chi connectivity index (χ4n) is 2.20. The number of aromatic nitrogens is 2. The van der Waals surface area contributed by atoms with Crippen LogP contribution in [-0.2, 0) is 6.54 Å². The molecule has 104 valence electrons. The van der Waals surface area contributed by atoms with Gasteiger partial charge in [0.05, 0.1) is 6.20 Å². The van der Waals surface area contributed by atoms with Crippen molar-refractivity contribution < 1.29 is 0 Å². The Hall–Kier alpha value is -0.830. The van der Waals surface area contributed by atoms with Crippen LogP contribution in [0.5, 0.6) is 0 Å². The Morgan fingerprint density at radius 2 is 1.89 bits per heavy atom. The molecular weight excluding hydrogens is 222 g/mol. The van der Waals surface area contributed by atoms with Crippen molar-refractivity contribution in [2.24, 2.45) is 5.92 Å². The molecule has 0 aromatic carbocycles. The molecule has 0 radical (unpaired) electrons. The fraction of sp³-hybridized carbons (Fsp3) is 0.800. The molecule has 0 saturated carbocycles. The molecule has 1 aromatic rings. The Labute approximate surface area is 112 Å². The van der Waals surface area contributed by atoms with E-state index in [0.29, 0.717) is 17.9 Å². The summed E-state index contributed by atoms with van der Waals surface area (Å²) < 4.78 is 2.21. The smallest absolute Gasteiger partial charge is 0.0537 e. The second-order valence-corrected chi connectivity index (χ2v) is 5.94. The van der Waals surface area contributed by atoms with Crippen LogP contribution in [0.4, 0.5) is 0 Å². The lowest BCUT2D eigenvalue weighted by molar-refractivity contribution is 0.450. The van der Waals surface area contributed by atoms with Gasteiger partial charge in [0.25, 0.3) is 0 Å². The Morgan fingerprint density at radius 1 is 1.22 bits per heavy atom. The van der Waals surface area contributed by atoms with Crippen LogP contribution in [-0.4, -0.2) is 16.3 Å². The quantitative estimate of drug-likeness (QED) is 0.800. The number of nitrogens with one attached hydrogen (secondary N) is 1. The fourth-order valence-corrected chi connectivity index (χ4v) is 2.20. The number of nitrogens with zero attached hydrogens (tertiary/aromatic N) is 2. The van der Waals surface area contributed by atoms with Gasteiger partial charge >= 0.3 is 0 Å². The van der Waals surface area contributed by atoms with Gasteiger partial charge in [0.2, 0.25) is 0 Å². The van der Waals surface area contributed by atoms with Gasteiger partial charge in [-0.05, 0) is 31.7 Å². The molecule has 1 N–H and O–H groups in total. The Balaban J connectivity index is 2.82. The van der Waals surface area contributed by atoms with Crippen LogP contribution in [0.1, 0.15) is 71.2 Å². The van der Waals surface area contributed by atoms with Crippen LogP contribution >= 0.6 is 0 Å². The van der Waals surface area contributed by atoms with Crippen molar-refractivity contribution in [3.8, 4) is 0 Å². The highest BCUT2D eigenvalue weighted by atomic mass is 15.3. The molecule has 1 unspecified atom stereocenters. The minimum atomic E-state index is 0.487. The zero-order chi connectivity index (χ0) is 13.7. The highest BCUT2D eigenvalue weighted by molar-refractivity contribution is 5.21. The van der Waals surface area contributed by atoms with Crippen molar-refractivity contribution in [3.05, 3.63) is 17.5 Å². The third-order valence-corrected chi connectivity index (χ3v) is 3.34. The summed E-state index contributed by atoms with van der Waals surface area (Å²) in [7, 11) is 0. The molecule has 0 spiro atoms. The first-order valence-electron chi connectivity index (χ1n) is 7.24. The third-order valence-electron chi connectivity index (χ3n) is 3.34. The predicted octanol–water partition coefficient (Wildman–Crippen LogP) is 3.72. The molecule has 0 amide bonds. The van der Waals surface area contributed by atoms with Gasteiger partial charge in [0.15, 0.2) is 0 Å². The van der Waals surface area contributed by atoms with Gasteiger partial charge in [-0.25, -0.2) is 0 Å². The van der Waals surface area contributed by atoms with Gasteiger partial charge in [-0.1, -0.05) is 34.6 Å². The second-order valence-electron chi connectivity index (χ2n) is 5.94. The summed E-state index contributed by atoms with van der Waals surface area (Å²) in [6, 6.07) is 0.487. The lowest BCUT2D eigenvalue weighted by Gasteiger charge is -2.18. The summed E-state index contributed by atoms with van der Waals surface area (Å²) in [5.41, 5.74) is 2.74. The van der Waals surface area contributed by atoms with Crippen molar-refractivity contribution in [1.29, 1.82) is 0 Å². The Bertz CT molecular complexity index is 353. The second kappa shape index (κ2) is 6.93. The molecule has 0 aliphatic heterocycles. The van der Waals surface area contributed by atoms with Crippen molar-refractivity contribution in [3.63, 3.8) is 0 Å². The summed E-state index contributed by atoms with van der Waals surface area (Å²) in [4.78, 5) is 0. The van der Waals surface area contributed by atoms with Crippen molar-refractivity contribution in [2.75, 3.05) is 6.54 Å². The number of hydrogen-bond donors (Lipinski definition) is 1. The molecule has 3 heteroatoms. The van der Waals surface area contributed by atoms with Crippen LogP contribution in [0.15, 0.2) is 6.20 Å². The summed E-state index contributed by atoms with van der Waals surface area (Å²) in [6.07, 6.45) is 3.16. The molecule has 0 saturated heterocycles. The van der Waals surface area contributed by atoms with E-state index < -0.39 is 0 Å². The van der Waals surface area contributed by atoms with Crippen molar-refractivity contribution in [1.82, 2.24) is 15.1 Å². The molecule has 18 heavy (non-hydrogen) atoms. The third kappa shape index (κ3) is 3.84. The molecule has 0 aliphatic rings. The van der Waals surface area contributed by atoms with Crippen LogP contribution in [0.3, 0.4) is 0 Å². The van der Waals surface area contributed by atoms with Gasteiger partial charge in [-0.3, -0.25) is 4.68 Å². The Kier molecular flexibility index (Phi) is 5.86. The first-order valence-corrected chi connectivity index (χ1v) is 7.24. The monoisotopic (exact) mass is 251 g/mol. The molecule has 1 atom stereocenters. The molecule has 0 fully saturated rings. The summed E-state index contributed by atoms with van der Waals surface area (Å²) in [5.74, 6) is 1.22. The average Bonchev–Trinajstić information content (AvgIpc) is 2.71. The van der Waals surface area contributed by atoms with Crippen molar-refractivity contribution >= 4 is 0 Å². The molecular formula is C15H29N3. The summed E-state index contributed by atoms with van der Waals surface area (Å²) in [5, 5.41) is 8.10. The van der Waals surface area contributed by atoms with Gasteiger partial charge in [0, 0.05) is 23.8 Å². The topological polar surface area (TPSA) is 29.9 Å². The van der Waals surface area contributed by atoms with Gasteiger partial charge < -0.3 is 5.32 Å². The molecule has 0 aliphatic carbocycles. The maximum absolute atomic E-state index is 4.58. The maximum atomic E-state index is 4.58. The SMILES string of the molecule is CCC(C)n1ncc(CNCC(C)C)c1C(C)C. The van der Waals surface area contributed by atoms with E-state index in [-0.39, 0.29) is 0 Å². The lowest BCUT2D eigenvalue weighted by Crippen LogP contribution is -2.20.